The van der Waals surface area contributed by atoms with Gasteiger partial charge in [-0.15, -0.1) is 0 Å². The van der Waals surface area contributed by atoms with Crippen LogP contribution in [0, 0.1) is 11.8 Å². The van der Waals surface area contributed by atoms with Gasteiger partial charge in [-0.2, -0.15) is 0 Å². The minimum absolute atomic E-state index is 0.0450. The highest BCUT2D eigenvalue weighted by molar-refractivity contribution is 6.30. The normalized spacial score (nSPS) is 28.6. The SMILES string of the molecule is CCC1C2CNCC2CN1CC(=O)Nc1cccc(Cl)c1. The summed E-state index contributed by atoms with van der Waals surface area (Å²) >= 11 is 5.94. The highest BCUT2D eigenvalue weighted by Gasteiger charge is 2.43. The molecule has 1 aromatic rings. The molecular formula is C16H22ClN3O. The molecule has 5 heteroatoms. The summed E-state index contributed by atoms with van der Waals surface area (Å²) in [6.45, 7) is 5.90. The molecule has 4 nitrogen and oxygen atoms in total. The number of likely N-dealkylation sites (tertiary alicyclic amines) is 1. The predicted molar refractivity (Wildman–Crippen MR) is 85.6 cm³/mol. The lowest BCUT2D eigenvalue weighted by Crippen LogP contribution is -2.40. The highest BCUT2D eigenvalue weighted by atomic mass is 35.5. The first-order chi connectivity index (χ1) is 10.2. The zero-order valence-corrected chi connectivity index (χ0v) is 13.1. The largest absolute Gasteiger partial charge is 0.325 e. The summed E-state index contributed by atoms with van der Waals surface area (Å²) in [6.07, 6.45) is 1.10. The summed E-state index contributed by atoms with van der Waals surface area (Å²) in [6, 6.07) is 7.82. The lowest BCUT2D eigenvalue weighted by molar-refractivity contribution is -0.117. The van der Waals surface area contributed by atoms with Crippen molar-refractivity contribution >= 4 is 23.2 Å². The van der Waals surface area contributed by atoms with E-state index in [0.29, 0.717) is 29.4 Å². The summed E-state index contributed by atoms with van der Waals surface area (Å²) in [5.74, 6) is 1.45. The number of halogens is 1. The lowest BCUT2D eigenvalue weighted by Gasteiger charge is -2.26. The van der Waals surface area contributed by atoms with Gasteiger partial charge in [-0.3, -0.25) is 9.69 Å². The average molecular weight is 308 g/mol. The Morgan fingerprint density at radius 3 is 3.10 bits per heavy atom. The third-order valence-electron chi connectivity index (χ3n) is 4.70. The van der Waals surface area contributed by atoms with Crippen molar-refractivity contribution in [3.05, 3.63) is 29.3 Å². The monoisotopic (exact) mass is 307 g/mol. The number of fused-ring (bicyclic) bond motifs is 1. The molecule has 2 saturated heterocycles. The summed E-state index contributed by atoms with van der Waals surface area (Å²) in [5, 5.41) is 7.05. The molecule has 0 spiro atoms. The number of carbonyl (C=O) groups excluding carboxylic acids is 1. The molecule has 1 amide bonds. The first kappa shape index (κ1) is 14.8. The standard InChI is InChI=1S/C16H22ClN3O/c1-2-15-14-8-18-7-11(14)9-20(15)10-16(21)19-13-5-3-4-12(17)6-13/h3-6,11,14-15,18H,2,7-10H2,1H3,(H,19,21). The molecule has 3 unspecified atom stereocenters. The van der Waals surface area contributed by atoms with Crippen LogP contribution >= 0.6 is 11.6 Å². The van der Waals surface area contributed by atoms with Gasteiger partial charge in [0.1, 0.15) is 0 Å². The molecule has 3 atom stereocenters. The number of carbonyl (C=O) groups is 1. The summed E-state index contributed by atoms with van der Waals surface area (Å²) < 4.78 is 0. The Morgan fingerprint density at radius 2 is 2.33 bits per heavy atom. The molecule has 114 valence electrons. The van der Waals surface area contributed by atoms with Crippen molar-refractivity contribution in [1.82, 2.24) is 10.2 Å². The van der Waals surface area contributed by atoms with Crippen LogP contribution in [0.1, 0.15) is 13.3 Å². The molecule has 0 aromatic heterocycles. The van der Waals surface area contributed by atoms with Gasteiger partial charge in [-0.1, -0.05) is 24.6 Å². The van der Waals surface area contributed by atoms with Crippen molar-refractivity contribution in [2.75, 3.05) is 31.5 Å². The molecule has 3 rings (SSSR count). The minimum Gasteiger partial charge on any atom is -0.325 e. The molecule has 2 aliphatic heterocycles. The van der Waals surface area contributed by atoms with Gasteiger partial charge < -0.3 is 10.6 Å². The van der Waals surface area contributed by atoms with E-state index in [1.165, 1.54) is 0 Å². The Labute approximate surface area is 130 Å². The second-order valence-corrected chi connectivity index (χ2v) is 6.48. The lowest BCUT2D eigenvalue weighted by atomic mass is 9.93. The van der Waals surface area contributed by atoms with Crippen LogP contribution in [0.4, 0.5) is 5.69 Å². The van der Waals surface area contributed by atoms with Crippen molar-refractivity contribution in [3.63, 3.8) is 0 Å². The van der Waals surface area contributed by atoms with Crippen LogP contribution in [0.5, 0.6) is 0 Å². The summed E-state index contributed by atoms with van der Waals surface area (Å²) in [5.41, 5.74) is 0.765. The zero-order chi connectivity index (χ0) is 14.8. The predicted octanol–water partition coefficient (Wildman–Crippen LogP) is 2.21. The Balaban J connectivity index is 1.60. The number of hydrogen-bond donors (Lipinski definition) is 2. The van der Waals surface area contributed by atoms with Crippen molar-refractivity contribution in [1.29, 1.82) is 0 Å². The van der Waals surface area contributed by atoms with E-state index >= 15 is 0 Å². The number of anilines is 1. The van der Waals surface area contributed by atoms with Gasteiger partial charge in [-0.05, 0) is 49.5 Å². The van der Waals surface area contributed by atoms with E-state index in [4.69, 9.17) is 11.6 Å². The Kier molecular flexibility index (Phi) is 4.48. The molecule has 0 saturated carbocycles. The van der Waals surface area contributed by atoms with Crippen LogP contribution in [-0.2, 0) is 4.79 Å². The fraction of sp³-hybridized carbons (Fsp3) is 0.562. The first-order valence-electron chi connectivity index (χ1n) is 7.67. The van der Waals surface area contributed by atoms with E-state index in [1.807, 2.05) is 12.1 Å². The fourth-order valence-corrected chi connectivity index (χ4v) is 4.00. The number of nitrogens with zero attached hydrogens (tertiary/aromatic N) is 1. The van der Waals surface area contributed by atoms with Gasteiger partial charge in [0, 0.05) is 23.3 Å². The molecular weight excluding hydrogens is 286 g/mol. The minimum atomic E-state index is 0.0450. The topological polar surface area (TPSA) is 44.4 Å². The number of nitrogens with one attached hydrogen (secondary N) is 2. The second-order valence-electron chi connectivity index (χ2n) is 6.05. The molecule has 2 fully saturated rings. The van der Waals surface area contributed by atoms with Crippen LogP contribution in [0.2, 0.25) is 5.02 Å². The van der Waals surface area contributed by atoms with Crippen molar-refractivity contribution < 1.29 is 4.79 Å². The number of hydrogen-bond acceptors (Lipinski definition) is 3. The van der Waals surface area contributed by atoms with E-state index in [1.54, 1.807) is 12.1 Å². The van der Waals surface area contributed by atoms with E-state index in [0.717, 1.165) is 31.7 Å². The van der Waals surface area contributed by atoms with Gasteiger partial charge in [-0.25, -0.2) is 0 Å². The van der Waals surface area contributed by atoms with Gasteiger partial charge in [0.2, 0.25) is 5.91 Å². The van der Waals surface area contributed by atoms with E-state index < -0.39 is 0 Å². The molecule has 0 radical (unpaired) electrons. The van der Waals surface area contributed by atoms with Crippen LogP contribution in [0.3, 0.4) is 0 Å². The van der Waals surface area contributed by atoms with Gasteiger partial charge in [0.15, 0.2) is 0 Å². The Hall–Kier alpha value is -1.10. The highest BCUT2D eigenvalue weighted by Crippen LogP contribution is 2.33. The van der Waals surface area contributed by atoms with Crippen molar-refractivity contribution in [2.45, 2.75) is 19.4 Å². The second kappa shape index (κ2) is 6.34. The van der Waals surface area contributed by atoms with Crippen molar-refractivity contribution in [3.8, 4) is 0 Å². The van der Waals surface area contributed by atoms with E-state index in [2.05, 4.69) is 22.5 Å². The molecule has 0 bridgehead atoms. The smallest absolute Gasteiger partial charge is 0.238 e. The van der Waals surface area contributed by atoms with Crippen LogP contribution in [-0.4, -0.2) is 43.0 Å². The first-order valence-corrected chi connectivity index (χ1v) is 8.05. The maximum absolute atomic E-state index is 12.2. The van der Waals surface area contributed by atoms with Crippen LogP contribution in [0.25, 0.3) is 0 Å². The molecule has 2 aliphatic rings. The Morgan fingerprint density at radius 1 is 1.48 bits per heavy atom. The quantitative estimate of drug-likeness (QED) is 0.896. The Bertz CT molecular complexity index is 522. The fourth-order valence-electron chi connectivity index (χ4n) is 3.80. The maximum Gasteiger partial charge on any atom is 0.238 e. The van der Waals surface area contributed by atoms with E-state index in [9.17, 15) is 4.79 Å². The third-order valence-corrected chi connectivity index (χ3v) is 4.93. The van der Waals surface area contributed by atoms with E-state index in [-0.39, 0.29) is 5.91 Å². The number of amides is 1. The number of rotatable bonds is 4. The van der Waals surface area contributed by atoms with Crippen LogP contribution < -0.4 is 10.6 Å². The van der Waals surface area contributed by atoms with Gasteiger partial charge >= 0.3 is 0 Å². The molecule has 0 aliphatic carbocycles. The van der Waals surface area contributed by atoms with Gasteiger partial charge in [0.25, 0.3) is 0 Å². The van der Waals surface area contributed by atoms with Gasteiger partial charge in [0.05, 0.1) is 6.54 Å². The number of benzene rings is 1. The maximum atomic E-state index is 12.2. The summed E-state index contributed by atoms with van der Waals surface area (Å²) in [7, 11) is 0. The third kappa shape index (κ3) is 3.23. The zero-order valence-electron chi connectivity index (χ0n) is 12.3. The molecule has 1 aromatic carbocycles. The van der Waals surface area contributed by atoms with Crippen molar-refractivity contribution in [2.24, 2.45) is 11.8 Å². The van der Waals surface area contributed by atoms with Crippen LogP contribution in [0.15, 0.2) is 24.3 Å². The average Bonchev–Trinajstić information content (AvgIpc) is 2.98. The molecule has 2 heterocycles. The molecule has 21 heavy (non-hydrogen) atoms. The molecule has 2 N–H and O–H groups in total. The summed E-state index contributed by atoms with van der Waals surface area (Å²) in [4.78, 5) is 14.6.